The zero-order valence-corrected chi connectivity index (χ0v) is 7.39. The largest absolute Gasteiger partial charge is 0.213 e. The molecule has 1 N–H and O–H groups in total. The third kappa shape index (κ3) is 3.53. The van der Waals surface area contributed by atoms with Crippen molar-refractivity contribution < 1.29 is 8.42 Å². The van der Waals surface area contributed by atoms with Gasteiger partial charge in [0.1, 0.15) is 0 Å². The summed E-state index contributed by atoms with van der Waals surface area (Å²) in [6, 6.07) is 0.120. The zero-order valence-electron chi connectivity index (χ0n) is 6.58. The van der Waals surface area contributed by atoms with Crippen LogP contribution in [0.1, 0.15) is 19.3 Å². The van der Waals surface area contributed by atoms with Crippen molar-refractivity contribution in [1.82, 2.24) is 4.72 Å². The predicted molar refractivity (Wildman–Crippen MR) is 44.8 cm³/mol. The van der Waals surface area contributed by atoms with Crippen LogP contribution in [0.25, 0.3) is 0 Å². The van der Waals surface area contributed by atoms with Crippen molar-refractivity contribution in [2.24, 2.45) is 0 Å². The average molecular weight is 175 g/mol. The molecule has 1 unspecified atom stereocenters. The maximum Gasteiger partial charge on any atom is 0.208 e. The number of sulfonamides is 1. The van der Waals surface area contributed by atoms with Crippen LogP contribution in [0.3, 0.4) is 0 Å². The SMILES string of the molecule is CS(=O)(=O)NC1CC=CCC1. The summed E-state index contributed by atoms with van der Waals surface area (Å²) in [5, 5.41) is 0. The van der Waals surface area contributed by atoms with Gasteiger partial charge < -0.3 is 0 Å². The van der Waals surface area contributed by atoms with E-state index in [0.29, 0.717) is 0 Å². The molecule has 0 bridgehead atoms. The molecular formula is C7H13NO2S. The Morgan fingerprint density at radius 2 is 2.18 bits per heavy atom. The highest BCUT2D eigenvalue weighted by Crippen LogP contribution is 2.10. The van der Waals surface area contributed by atoms with Gasteiger partial charge in [-0.3, -0.25) is 0 Å². The van der Waals surface area contributed by atoms with Crippen LogP contribution in [0.15, 0.2) is 12.2 Å². The quantitative estimate of drug-likeness (QED) is 0.626. The minimum absolute atomic E-state index is 0.120. The molecule has 64 valence electrons. The lowest BCUT2D eigenvalue weighted by molar-refractivity contribution is 0.526. The van der Waals surface area contributed by atoms with Crippen LogP contribution in [-0.4, -0.2) is 20.7 Å². The van der Waals surface area contributed by atoms with Crippen molar-refractivity contribution in [2.45, 2.75) is 25.3 Å². The fraction of sp³-hybridized carbons (Fsp3) is 0.714. The first-order valence-corrected chi connectivity index (χ1v) is 5.59. The Kier molecular flexibility index (Phi) is 2.67. The van der Waals surface area contributed by atoms with Gasteiger partial charge in [0, 0.05) is 6.04 Å². The van der Waals surface area contributed by atoms with Gasteiger partial charge >= 0.3 is 0 Å². The molecule has 4 heteroatoms. The summed E-state index contributed by atoms with van der Waals surface area (Å²) in [5.41, 5.74) is 0. The topological polar surface area (TPSA) is 46.2 Å². The summed E-state index contributed by atoms with van der Waals surface area (Å²) in [6.45, 7) is 0. The van der Waals surface area contributed by atoms with E-state index in [1.807, 2.05) is 6.08 Å². The molecule has 0 heterocycles. The molecule has 0 aromatic heterocycles. The van der Waals surface area contributed by atoms with E-state index in [1.165, 1.54) is 6.26 Å². The summed E-state index contributed by atoms with van der Waals surface area (Å²) in [7, 11) is -3.01. The van der Waals surface area contributed by atoms with Gasteiger partial charge in [0.2, 0.25) is 10.0 Å². The van der Waals surface area contributed by atoms with E-state index in [2.05, 4.69) is 10.8 Å². The van der Waals surface area contributed by atoms with Crippen LogP contribution in [0, 0.1) is 0 Å². The maximum absolute atomic E-state index is 10.8. The van der Waals surface area contributed by atoms with Crippen LogP contribution in [0.4, 0.5) is 0 Å². The Balaban J connectivity index is 2.44. The van der Waals surface area contributed by atoms with Crippen LogP contribution >= 0.6 is 0 Å². The molecule has 0 spiro atoms. The summed E-state index contributed by atoms with van der Waals surface area (Å²) in [5.74, 6) is 0. The summed E-state index contributed by atoms with van der Waals surface area (Å²) in [4.78, 5) is 0. The van der Waals surface area contributed by atoms with Crippen LogP contribution in [-0.2, 0) is 10.0 Å². The Morgan fingerprint density at radius 1 is 1.45 bits per heavy atom. The zero-order chi connectivity index (χ0) is 8.32. The van der Waals surface area contributed by atoms with E-state index in [9.17, 15) is 8.42 Å². The van der Waals surface area contributed by atoms with Gasteiger partial charge in [-0.2, -0.15) is 0 Å². The smallest absolute Gasteiger partial charge is 0.208 e. The predicted octanol–water partition coefficient (Wildman–Crippen LogP) is 0.644. The molecule has 0 radical (unpaired) electrons. The van der Waals surface area contributed by atoms with Gasteiger partial charge in [-0.15, -0.1) is 0 Å². The van der Waals surface area contributed by atoms with E-state index in [-0.39, 0.29) is 6.04 Å². The molecular weight excluding hydrogens is 162 g/mol. The Morgan fingerprint density at radius 3 is 2.64 bits per heavy atom. The fourth-order valence-corrected chi connectivity index (χ4v) is 2.02. The van der Waals surface area contributed by atoms with E-state index in [1.54, 1.807) is 0 Å². The highest BCUT2D eigenvalue weighted by molar-refractivity contribution is 7.88. The van der Waals surface area contributed by atoms with Crippen molar-refractivity contribution in [1.29, 1.82) is 0 Å². The average Bonchev–Trinajstić information content (AvgIpc) is 1.85. The van der Waals surface area contributed by atoms with Crippen LogP contribution in [0.2, 0.25) is 0 Å². The second-order valence-corrected chi connectivity index (χ2v) is 4.65. The third-order valence-corrected chi connectivity index (χ3v) is 2.41. The molecule has 0 aromatic carbocycles. The minimum atomic E-state index is -3.01. The highest BCUT2D eigenvalue weighted by Gasteiger charge is 2.13. The number of hydrogen-bond acceptors (Lipinski definition) is 2. The lowest BCUT2D eigenvalue weighted by atomic mass is 10.0. The first-order valence-electron chi connectivity index (χ1n) is 3.70. The standard InChI is InChI=1S/C7H13NO2S/c1-11(9,10)8-7-5-3-2-4-6-7/h2-3,7-8H,4-6H2,1H3. The first kappa shape index (κ1) is 8.74. The molecule has 3 nitrogen and oxygen atoms in total. The monoisotopic (exact) mass is 175 g/mol. The van der Waals surface area contributed by atoms with E-state index in [4.69, 9.17) is 0 Å². The lowest BCUT2D eigenvalue weighted by Crippen LogP contribution is -2.34. The highest BCUT2D eigenvalue weighted by atomic mass is 32.2. The number of allylic oxidation sites excluding steroid dienone is 1. The first-order chi connectivity index (χ1) is 5.08. The van der Waals surface area contributed by atoms with Crippen LogP contribution < -0.4 is 4.72 Å². The molecule has 1 aliphatic carbocycles. The van der Waals surface area contributed by atoms with Gasteiger partial charge in [-0.25, -0.2) is 13.1 Å². The molecule has 1 rings (SSSR count). The number of nitrogens with one attached hydrogen (secondary N) is 1. The summed E-state index contributed by atoms with van der Waals surface area (Å²) < 4.78 is 24.1. The number of hydrogen-bond donors (Lipinski definition) is 1. The van der Waals surface area contributed by atoms with E-state index >= 15 is 0 Å². The van der Waals surface area contributed by atoms with Crippen molar-refractivity contribution in [3.63, 3.8) is 0 Å². The van der Waals surface area contributed by atoms with Gasteiger partial charge in [0.05, 0.1) is 6.26 Å². The molecule has 0 saturated carbocycles. The molecule has 11 heavy (non-hydrogen) atoms. The number of rotatable bonds is 2. The molecule has 0 aliphatic heterocycles. The summed E-state index contributed by atoms with van der Waals surface area (Å²) >= 11 is 0. The lowest BCUT2D eigenvalue weighted by Gasteiger charge is -2.17. The Labute approximate surface area is 67.5 Å². The molecule has 0 aromatic rings. The van der Waals surface area contributed by atoms with Crippen molar-refractivity contribution in [3.05, 3.63) is 12.2 Å². The second kappa shape index (κ2) is 3.36. The third-order valence-electron chi connectivity index (χ3n) is 1.65. The molecule has 0 fully saturated rings. The second-order valence-electron chi connectivity index (χ2n) is 2.87. The van der Waals surface area contributed by atoms with Gasteiger partial charge in [0.15, 0.2) is 0 Å². The van der Waals surface area contributed by atoms with Gasteiger partial charge in [0.25, 0.3) is 0 Å². The molecule has 1 atom stereocenters. The van der Waals surface area contributed by atoms with Crippen LogP contribution in [0.5, 0.6) is 0 Å². The summed E-state index contributed by atoms with van der Waals surface area (Å²) in [6.07, 6.45) is 8.03. The normalized spacial score (nSPS) is 25.4. The fourth-order valence-electron chi connectivity index (χ4n) is 1.20. The van der Waals surface area contributed by atoms with Crippen molar-refractivity contribution in [3.8, 4) is 0 Å². The maximum atomic E-state index is 10.8. The molecule has 0 saturated heterocycles. The molecule has 1 aliphatic rings. The molecule has 0 amide bonds. The Bertz CT molecular complexity index is 243. The van der Waals surface area contributed by atoms with E-state index in [0.717, 1.165) is 19.3 Å². The Hall–Kier alpha value is -0.350. The van der Waals surface area contributed by atoms with E-state index < -0.39 is 10.0 Å². The van der Waals surface area contributed by atoms with Gasteiger partial charge in [-0.05, 0) is 19.3 Å². The van der Waals surface area contributed by atoms with Crippen molar-refractivity contribution >= 4 is 10.0 Å². The van der Waals surface area contributed by atoms with Crippen molar-refractivity contribution in [2.75, 3.05) is 6.26 Å². The minimum Gasteiger partial charge on any atom is -0.213 e. The van der Waals surface area contributed by atoms with Gasteiger partial charge in [-0.1, -0.05) is 12.2 Å².